The summed E-state index contributed by atoms with van der Waals surface area (Å²) in [4.78, 5) is 18.6. The Balaban J connectivity index is 2.53. The molecule has 0 spiro atoms. The lowest BCUT2D eigenvalue weighted by molar-refractivity contribution is -0.114. The van der Waals surface area contributed by atoms with Crippen LogP contribution in [0.2, 0.25) is 0 Å². The number of hydrogen-bond acceptors (Lipinski definition) is 4. The largest absolute Gasteiger partial charge is 0.398 e. The standard InChI is InChI=1S/C21H28N2O2S/c1-14-12-17(19(23-25-6)20(24)22-5)18(13-15(14)2)21(3,4)26-16-10-8-7-9-11-16/h7-11H,12-13H2,1-6H3,(H,22,24)/b23-19-. The van der Waals surface area contributed by atoms with Gasteiger partial charge in [0.1, 0.15) is 7.11 Å². The van der Waals surface area contributed by atoms with Crippen molar-refractivity contribution < 1.29 is 9.63 Å². The third-order valence-electron chi connectivity index (χ3n) is 4.73. The predicted octanol–water partition coefficient (Wildman–Crippen LogP) is 4.73. The molecule has 1 aliphatic rings. The molecule has 1 aromatic rings. The molecule has 0 saturated carbocycles. The van der Waals surface area contributed by atoms with Gasteiger partial charge >= 0.3 is 0 Å². The molecule has 26 heavy (non-hydrogen) atoms. The second-order valence-electron chi connectivity index (χ2n) is 7.00. The lowest BCUT2D eigenvalue weighted by Crippen LogP contribution is -2.33. The van der Waals surface area contributed by atoms with Gasteiger partial charge in [0.2, 0.25) is 0 Å². The zero-order chi connectivity index (χ0) is 19.3. The van der Waals surface area contributed by atoms with Crippen molar-refractivity contribution in [1.82, 2.24) is 5.32 Å². The zero-order valence-corrected chi connectivity index (χ0v) is 17.3. The normalized spacial score (nSPS) is 16.0. The quantitative estimate of drug-likeness (QED) is 0.340. The van der Waals surface area contributed by atoms with Crippen LogP contribution in [0.25, 0.3) is 0 Å². The van der Waals surface area contributed by atoms with Crippen molar-refractivity contribution in [2.75, 3.05) is 14.2 Å². The van der Waals surface area contributed by atoms with Crippen LogP contribution in [0.5, 0.6) is 0 Å². The van der Waals surface area contributed by atoms with E-state index in [1.54, 1.807) is 18.8 Å². The lowest BCUT2D eigenvalue weighted by Gasteiger charge is -2.34. The molecule has 0 fully saturated rings. The van der Waals surface area contributed by atoms with Crippen molar-refractivity contribution in [2.45, 2.75) is 50.2 Å². The van der Waals surface area contributed by atoms with Crippen LogP contribution in [0.4, 0.5) is 0 Å². The topological polar surface area (TPSA) is 50.7 Å². The molecular formula is C21H28N2O2S. The summed E-state index contributed by atoms with van der Waals surface area (Å²) in [5.41, 5.74) is 5.23. The molecule has 0 aliphatic heterocycles. The molecule has 1 amide bonds. The molecule has 4 nitrogen and oxygen atoms in total. The van der Waals surface area contributed by atoms with Crippen LogP contribution in [0.15, 0.2) is 62.7 Å². The molecule has 1 aromatic carbocycles. The number of benzene rings is 1. The Morgan fingerprint density at radius 1 is 1.15 bits per heavy atom. The highest BCUT2D eigenvalue weighted by atomic mass is 32.2. The van der Waals surface area contributed by atoms with Gasteiger partial charge in [-0.25, -0.2) is 0 Å². The summed E-state index contributed by atoms with van der Waals surface area (Å²) in [7, 11) is 3.10. The first-order chi connectivity index (χ1) is 12.3. The summed E-state index contributed by atoms with van der Waals surface area (Å²) in [6.07, 6.45) is 1.56. The van der Waals surface area contributed by atoms with Crippen LogP contribution in [0.1, 0.15) is 40.5 Å². The minimum Gasteiger partial charge on any atom is -0.398 e. The first kappa shape index (κ1) is 20.3. The van der Waals surface area contributed by atoms with E-state index in [9.17, 15) is 4.79 Å². The highest BCUT2D eigenvalue weighted by molar-refractivity contribution is 8.00. The summed E-state index contributed by atoms with van der Waals surface area (Å²) in [5.74, 6) is -0.216. The Bertz CT molecular complexity index is 761. The van der Waals surface area contributed by atoms with E-state index >= 15 is 0 Å². The van der Waals surface area contributed by atoms with Gasteiger partial charge in [-0.15, -0.1) is 11.8 Å². The number of thioether (sulfide) groups is 1. The molecule has 0 bridgehead atoms. The molecule has 140 valence electrons. The van der Waals surface area contributed by atoms with Crippen molar-refractivity contribution >= 4 is 23.4 Å². The fourth-order valence-corrected chi connectivity index (χ4v) is 4.34. The maximum Gasteiger partial charge on any atom is 0.273 e. The zero-order valence-electron chi connectivity index (χ0n) is 16.5. The molecule has 5 heteroatoms. The van der Waals surface area contributed by atoms with E-state index in [4.69, 9.17) is 4.84 Å². The van der Waals surface area contributed by atoms with Crippen LogP contribution in [0.3, 0.4) is 0 Å². The van der Waals surface area contributed by atoms with Crippen molar-refractivity contribution in [3.8, 4) is 0 Å². The van der Waals surface area contributed by atoms with E-state index in [1.807, 2.05) is 18.2 Å². The van der Waals surface area contributed by atoms with Crippen molar-refractivity contribution in [3.05, 3.63) is 52.6 Å². The predicted molar refractivity (Wildman–Crippen MR) is 110 cm³/mol. The van der Waals surface area contributed by atoms with Gasteiger partial charge in [0.25, 0.3) is 5.91 Å². The second-order valence-corrected chi connectivity index (χ2v) is 8.69. The van der Waals surface area contributed by atoms with Gasteiger partial charge in [-0.05, 0) is 63.8 Å². The van der Waals surface area contributed by atoms with E-state index in [0.717, 1.165) is 18.4 Å². The molecule has 0 heterocycles. The van der Waals surface area contributed by atoms with Crippen LogP contribution in [0, 0.1) is 0 Å². The number of oxime groups is 1. The summed E-state index contributed by atoms with van der Waals surface area (Å²) in [6.45, 7) is 8.71. The average Bonchev–Trinajstić information content (AvgIpc) is 2.61. The smallest absolute Gasteiger partial charge is 0.273 e. The molecular weight excluding hydrogens is 344 g/mol. The first-order valence-corrected chi connectivity index (χ1v) is 9.57. The van der Waals surface area contributed by atoms with E-state index in [-0.39, 0.29) is 10.7 Å². The number of nitrogens with one attached hydrogen (secondary N) is 1. The van der Waals surface area contributed by atoms with E-state index in [0.29, 0.717) is 5.71 Å². The number of nitrogens with zero attached hydrogens (tertiary/aromatic N) is 1. The number of hydrogen-bond donors (Lipinski definition) is 1. The minimum atomic E-state index is -0.216. The SMILES string of the molecule is CNC(=O)/C(=N\OC)C1=C(C(C)(C)Sc2ccccc2)CC(C)=C(C)C1. The molecule has 1 N–H and O–H groups in total. The fraction of sp³-hybridized carbons (Fsp3) is 0.429. The number of allylic oxidation sites excluding steroid dienone is 2. The Labute approximate surface area is 160 Å². The molecule has 2 rings (SSSR count). The summed E-state index contributed by atoms with van der Waals surface area (Å²) in [5, 5.41) is 6.75. The van der Waals surface area contributed by atoms with Crippen LogP contribution < -0.4 is 5.32 Å². The average molecular weight is 373 g/mol. The molecule has 0 radical (unpaired) electrons. The van der Waals surface area contributed by atoms with Gasteiger partial charge in [-0.2, -0.15) is 0 Å². The third kappa shape index (κ3) is 4.58. The number of amides is 1. The van der Waals surface area contributed by atoms with Gasteiger partial charge < -0.3 is 10.2 Å². The van der Waals surface area contributed by atoms with E-state index in [1.165, 1.54) is 28.7 Å². The van der Waals surface area contributed by atoms with Crippen molar-refractivity contribution in [1.29, 1.82) is 0 Å². The van der Waals surface area contributed by atoms with Crippen molar-refractivity contribution in [2.24, 2.45) is 5.16 Å². The molecule has 1 aliphatic carbocycles. The third-order valence-corrected chi connectivity index (χ3v) is 5.99. The summed E-state index contributed by atoms with van der Waals surface area (Å²) in [6, 6.07) is 10.4. The van der Waals surface area contributed by atoms with Crippen LogP contribution in [-0.4, -0.2) is 30.5 Å². The Kier molecular flexibility index (Phi) is 6.70. The van der Waals surface area contributed by atoms with E-state index < -0.39 is 0 Å². The van der Waals surface area contributed by atoms with Gasteiger partial charge in [0.05, 0.1) is 0 Å². The van der Waals surface area contributed by atoms with Crippen LogP contribution >= 0.6 is 11.8 Å². The Morgan fingerprint density at radius 3 is 2.35 bits per heavy atom. The number of rotatable bonds is 6. The number of carbonyl (C=O) groups is 1. The first-order valence-electron chi connectivity index (χ1n) is 8.75. The summed E-state index contributed by atoms with van der Waals surface area (Å²) >= 11 is 1.81. The summed E-state index contributed by atoms with van der Waals surface area (Å²) < 4.78 is -0.179. The maximum atomic E-state index is 12.4. The molecule has 0 aromatic heterocycles. The second kappa shape index (κ2) is 8.58. The highest BCUT2D eigenvalue weighted by Gasteiger charge is 2.33. The van der Waals surface area contributed by atoms with Gasteiger partial charge in [0, 0.05) is 16.7 Å². The van der Waals surface area contributed by atoms with E-state index in [2.05, 4.69) is 50.3 Å². The van der Waals surface area contributed by atoms with Gasteiger partial charge in [0.15, 0.2) is 5.71 Å². The molecule has 0 unspecified atom stereocenters. The van der Waals surface area contributed by atoms with Crippen molar-refractivity contribution in [3.63, 3.8) is 0 Å². The molecule has 0 saturated heterocycles. The monoisotopic (exact) mass is 372 g/mol. The fourth-order valence-electron chi connectivity index (χ4n) is 3.14. The van der Waals surface area contributed by atoms with Gasteiger partial charge in [-0.3, -0.25) is 4.79 Å². The minimum absolute atomic E-state index is 0.179. The Morgan fingerprint density at radius 2 is 1.77 bits per heavy atom. The molecule has 0 atom stereocenters. The Hall–Kier alpha value is -2.01. The van der Waals surface area contributed by atoms with Gasteiger partial charge in [-0.1, -0.05) is 34.5 Å². The highest BCUT2D eigenvalue weighted by Crippen LogP contribution is 2.45. The maximum absolute atomic E-state index is 12.4. The van der Waals surface area contributed by atoms with Crippen LogP contribution in [-0.2, 0) is 9.63 Å². The number of carbonyl (C=O) groups excluding carboxylic acids is 1. The lowest BCUT2D eigenvalue weighted by atomic mass is 9.80.